The van der Waals surface area contributed by atoms with Crippen LogP contribution in [-0.2, 0) is 68.8 Å². The maximum absolute atomic E-state index is 11.8. The minimum absolute atomic E-state index is 0. The monoisotopic (exact) mass is 1860 g/mol. The fourth-order valence-electron chi connectivity index (χ4n) is 7.21. The SMILES string of the molecule is C=O.CCS(=O)(=O)c1c(Br)cccc1Br.CN1CS(=O)(=O)c2c(Br)cccc21.CN1Cc2cccc(Br)c2S(=O)(=O)C1.O=S(=O)(Cl)c1c(Br)cccc1Br.O=S(=O)(Cl)c1c(Br)cccc1Br.O=S1(=O)CCC(O)c2cccc(Br)c21.[H-].[Na+]. The Morgan fingerprint density at radius 2 is 0.877 bits per heavy atom. The minimum Gasteiger partial charge on any atom is -1.00 e. The maximum atomic E-state index is 11.8. The van der Waals surface area contributed by atoms with Gasteiger partial charge in [0.15, 0.2) is 39.3 Å². The number of hydrogen-bond acceptors (Lipinski definition) is 16. The number of aliphatic hydroxyl groups excluding tert-OH is 1. The van der Waals surface area contributed by atoms with Gasteiger partial charge in [0.05, 0.1) is 38.0 Å². The second-order valence-corrected chi connectivity index (χ2v) is 37.0. The molecule has 0 spiro atoms. The summed E-state index contributed by atoms with van der Waals surface area (Å²) in [6.07, 6.45) is -0.378. The first-order valence-electron chi connectivity index (χ1n) is 21.7. The van der Waals surface area contributed by atoms with E-state index in [0.717, 1.165) is 11.3 Å². The Labute approximate surface area is 580 Å². The number of aliphatic hydroxyl groups is 1. The second kappa shape index (κ2) is 33.2. The van der Waals surface area contributed by atoms with E-state index in [1.54, 1.807) is 116 Å². The van der Waals surface area contributed by atoms with Crippen molar-refractivity contribution in [2.45, 2.75) is 55.4 Å². The molecule has 0 saturated heterocycles. The number of anilines is 1. The van der Waals surface area contributed by atoms with E-state index in [4.69, 9.17) is 26.2 Å². The number of benzene rings is 6. The normalized spacial score (nSPS) is 16.1. The molecule has 0 aliphatic carbocycles. The molecule has 6 aromatic rings. The molecule has 81 heavy (non-hydrogen) atoms. The molecule has 1 N–H and O–H groups in total. The van der Waals surface area contributed by atoms with Crippen LogP contribution in [-0.4, -0.2) is 105 Å². The van der Waals surface area contributed by atoms with E-state index < -0.39 is 63.6 Å². The average molecular weight is 1870 g/mol. The molecule has 0 amide bonds. The van der Waals surface area contributed by atoms with Gasteiger partial charge in [-0.1, -0.05) is 55.5 Å². The van der Waals surface area contributed by atoms with Crippen LogP contribution in [0.25, 0.3) is 0 Å². The van der Waals surface area contributed by atoms with Crippen LogP contribution in [0.4, 0.5) is 5.69 Å². The number of sulfone groups is 4. The van der Waals surface area contributed by atoms with E-state index in [1.165, 1.54) is 0 Å². The maximum Gasteiger partial charge on any atom is 1.00 e. The van der Waals surface area contributed by atoms with E-state index in [1.807, 2.05) is 31.1 Å². The summed E-state index contributed by atoms with van der Waals surface area (Å²) in [7, 11) is -6.04. The van der Waals surface area contributed by atoms with Gasteiger partial charge in [0.1, 0.15) is 33.2 Å². The molecule has 16 nitrogen and oxygen atoms in total. The molecule has 9 rings (SSSR count). The summed E-state index contributed by atoms with van der Waals surface area (Å²) < 4.78 is 142. The van der Waals surface area contributed by atoms with Crippen molar-refractivity contribution in [2.24, 2.45) is 0 Å². The van der Waals surface area contributed by atoms with E-state index in [2.05, 4.69) is 143 Å². The number of fused-ring (bicyclic) bond motifs is 3. The summed E-state index contributed by atoms with van der Waals surface area (Å²) >= 11 is 28.5. The van der Waals surface area contributed by atoms with Crippen molar-refractivity contribution in [2.75, 3.05) is 42.3 Å². The van der Waals surface area contributed by atoms with Crippen molar-refractivity contribution in [3.63, 3.8) is 0 Å². The number of halogens is 11. The molecule has 0 radical (unpaired) electrons. The summed E-state index contributed by atoms with van der Waals surface area (Å²) in [6, 6.07) is 31.0. The molecule has 1 atom stereocenters. The van der Waals surface area contributed by atoms with Gasteiger partial charge in [-0.2, -0.15) is 0 Å². The van der Waals surface area contributed by atoms with Crippen LogP contribution >= 0.6 is 165 Å². The molecule has 1 unspecified atom stereocenters. The summed E-state index contributed by atoms with van der Waals surface area (Å²) in [6.45, 7) is 4.31. The predicted molar refractivity (Wildman–Crippen MR) is 346 cm³/mol. The molecule has 0 aromatic heterocycles. The van der Waals surface area contributed by atoms with Gasteiger partial charge < -0.3 is 16.2 Å². The molecule has 440 valence electrons. The number of carbonyl (C=O) groups excluding carboxylic acids is 1. The topological polar surface area (TPSA) is 249 Å². The van der Waals surface area contributed by atoms with Gasteiger partial charge in [-0.15, -0.1) is 0 Å². The first-order chi connectivity index (χ1) is 36.9. The zero-order chi connectivity index (χ0) is 61.1. The Balaban J connectivity index is 0.000000487. The van der Waals surface area contributed by atoms with Crippen LogP contribution in [0.1, 0.15) is 32.0 Å². The van der Waals surface area contributed by atoms with Crippen molar-refractivity contribution in [3.8, 4) is 0 Å². The Kier molecular flexibility index (Phi) is 31.7. The van der Waals surface area contributed by atoms with Crippen LogP contribution in [0.2, 0.25) is 0 Å². The van der Waals surface area contributed by atoms with Crippen molar-refractivity contribution in [1.82, 2.24) is 4.90 Å². The van der Waals surface area contributed by atoms with Crippen molar-refractivity contribution < 1.29 is 91.4 Å². The van der Waals surface area contributed by atoms with Gasteiger partial charge in [0.25, 0.3) is 18.1 Å². The molecular formula is C47H44Br9Cl2N2NaO14S6. The van der Waals surface area contributed by atoms with E-state index in [0.29, 0.717) is 67.0 Å². The number of hydrogen-bond donors (Lipinski definition) is 1. The predicted octanol–water partition coefficient (Wildman–Crippen LogP) is 11.1. The van der Waals surface area contributed by atoms with Crippen LogP contribution in [0.3, 0.4) is 0 Å². The average Bonchev–Trinajstić information content (AvgIpc) is 3.58. The first-order valence-corrected chi connectivity index (χ1v) is 40.1. The van der Waals surface area contributed by atoms with Crippen LogP contribution < -0.4 is 34.5 Å². The van der Waals surface area contributed by atoms with Gasteiger partial charge in [0.2, 0.25) is 0 Å². The minimum atomic E-state index is -3.69. The Hall–Kier alpha value is 0.310. The number of carbonyl (C=O) groups is 1. The summed E-state index contributed by atoms with van der Waals surface area (Å²) in [5.74, 6) is 0.297. The van der Waals surface area contributed by atoms with Gasteiger partial charge >= 0.3 is 29.6 Å². The van der Waals surface area contributed by atoms with Crippen molar-refractivity contribution >= 4 is 235 Å². The van der Waals surface area contributed by atoms with Crippen LogP contribution in [0.15, 0.2) is 179 Å². The molecule has 3 aliphatic rings. The van der Waals surface area contributed by atoms with Gasteiger partial charge in [-0.05, 0) is 223 Å². The molecule has 0 bridgehead atoms. The summed E-state index contributed by atoms with van der Waals surface area (Å²) in [5, 5.41) is 9.63. The first kappa shape index (κ1) is 77.4. The third-order valence-corrected chi connectivity index (χ3v) is 28.9. The van der Waals surface area contributed by atoms with E-state index in [-0.39, 0.29) is 75.4 Å². The van der Waals surface area contributed by atoms with Gasteiger partial charge in [-0.3, -0.25) is 4.90 Å². The summed E-state index contributed by atoms with van der Waals surface area (Å²) in [4.78, 5) is 13.1. The fraction of sp³-hybridized carbons (Fsp3) is 0.213. The Bertz CT molecular complexity index is 3820. The van der Waals surface area contributed by atoms with E-state index >= 15 is 0 Å². The fourth-order valence-corrected chi connectivity index (χ4v) is 27.0. The zero-order valence-corrected chi connectivity index (χ0v) is 64.9. The quantitative estimate of drug-likeness (QED) is 0.127. The van der Waals surface area contributed by atoms with Crippen LogP contribution in [0.5, 0.6) is 0 Å². The summed E-state index contributed by atoms with van der Waals surface area (Å²) in [5.41, 5.74) is 2.15. The van der Waals surface area contributed by atoms with Gasteiger partial charge in [-0.25, -0.2) is 50.5 Å². The number of rotatable bonds is 4. The Morgan fingerprint density at radius 3 is 1.26 bits per heavy atom. The molecular weight excluding hydrogens is 1820 g/mol. The molecule has 3 aliphatic heterocycles. The standard InChI is InChI=1S/C9H10BrNO2S.C9H9BrO3S.C8H8Br2O2S.C8H8BrNO2S.2C6H3Br2ClO2S.CH2O.Na.H/c1-11-5-7-3-2-4-8(10)9(7)14(12,13)6-11;10-7-3-1-2-6-8(11)4-5-14(12,13)9(6)7;1-2-13(11,12)8-6(9)4-3-5-7(8)10;1-10-5-13(11,12)8-6(9)3-2-4-7(8)10;2*7-4-2-1-3-5(8)6(4)12(9,10)11;1-2;;/h2-4H,5-6H2,1H3;1-3,8,11H,4-5H2;3-5H,2H2,1H3;2-4H,5H2,1H3;2*1-3H;1H2;;/q;;;;;;;+1;-1. The van der Waals surface area contributed by atoms with Crippen molar-refractivity contribution in [3.05, 3.63) is 161 Å². The van der Waals surface area contributed by atoms with Crippen molar-refractivity contribution in [1.29, 1.82) is 0 Å². The zero-order valence-electron chi connectivity index (χ0n) is 43.2. The smallest absolute Gasteiger partial charge is 1.00 e. The van der Waals surface area contributed by atoms with Gasteiger partial charge in [0, 0.05) is 80.8 Å². The third kappa shape index (κ3) is 21.5. The molecule has 0 saturated carbocycles. The number of nitrogens with zero attached hydrogens (tertiary/aromatic N) is 2. The van der Waals surface area contributed by atoms with E-state index in [9.17, 15) is 55.6 Å². The second-order valence-electron chi connectivity index (χ2n) is 16.2. The molecule has 34 heteroatoms. The largest absolute Gasteiger partial charge is 1.00 e. The molecule has 3 heterocycles. The molecule has 0 fully saturated rings. The molecule has 6 aromatic carbocycles. The third-order valence-electron chi connectivity index (χ3n) is 10.5. The van der Waals surface area contributed by atoms with Crippen LogP contribution in [0, 0.1) is 0 Å². The Morgan fingerprint density at radius 1 is 0.531 bits per heavy atom.